The van der Waals surface area contributed by atoms with Crippen LogP contribution in [0.15, 0.2) is 28.9 Å². The first-order chi connectivity index (χ1) is 7.29. The van der Waals surface area contributed by atoms with Gasteiger partial charge in [-0.05, 0) is 18.1 Å². The summed E-state index contributed by atoms with van der Waals surface area (Å²) in [5.41, 5.74) is 1.06. The molecule has 0 saturated heterocycles. The van der Waals surface area contributed by atoms with Crippen LogP contribution in [-0.2, 0) is 5.88 Å². The third-order valence-electron chi connectivity index (χ3n) is 2.39. The van der Waals surface area contributed by atoms with Gasteiger partial charge in [-0.3, -0.25) is 0 Å². The Bertz CT molecular complexity index is 361. The molecule has 4 heteroatoms. The van der Waals surface area contributed by atoms with Gasteiger partial charge in [-0.1, -0.05) is 28.1 Å². The molecule has 1 aliphatic rings. The van der Waals surface area contributed by atoms with Crippen molar-refractivity contribution in [2.45, 2.75) is 12.3 Å². The van der Waals surface area contributed by atoms with E-state index in [2.05, 4.69) is 31.9 Å². The topological polar surface area (TPSA) is 16.1 Å². The van der Waals surface area contributed by atoms with Crippen molar-refractivity contribution in [3.8, 4) is 0 Å². The van der Waals surface area contributed by atoms with Gasteiger partial charge in [0.1, 0.15) is 5.82 Å². The summed E-state index contributed by atoms with van der Waals surface area (Å²) in [5, 5.41) is 0. The van der Waals surface area contributed by atoms with E-state index in [0.29, 0.717) is 5.88 Å². The standard InChI is InChI=1S/C11H12BrClN2/c12-10-2-1-5-15(8-10)11-4-3-9(6-13)7-14-11/h2-4,7H,1,5-6,8H2. The second kappa shape index (κ2) is 4.99. The van der Waals surface area contributed by atoms with Crippen LogP contribution in [0.2, 0.25) is 0 Å². The maximum atomic E-state index is 5.72. The van der Waals surface area contributed by atoms with Gasteiger partial charge in [-0.25, -0.2) is 4.98 Å². The predicted molar refractivity (Wildman–Crippen MR) is 67.6 cm³/mol. The first-order valence-electron chi connectivity index (χ1n) is 4.90. The zero-order chi connectivity index (χ0) is 10.7. The molecule has 0 N–H and O–H groups in total. The van der Waals surface area contributed by atoms with Crippen LogP contribution in [0.5, 0.6) is 0 Å². The summed E-state index contributed by atoms with van der Waals surface area (Å²) in [6.45, 7) is 1.94. The van der Waals surface area contributed by atoms with E-state index in [9.17, 15) is 0 Å². The minimum Gasteiger partial charge on any atom is -0.351 e. The Morgan fingerprint density at radius 1 is 1.47 bits per heavy atom. The number of anilines is 1. The highest BCUT2D eigenvalue weighted by Crippen LogP contribution is 2.20. The van der Waals surface area contributed by atoms with Crippen molar-refractivity contribution in [3.05, 3.63) is 34.5 Å². The summed E-state index contributed by atoms with van der Waals surface area (Å²) in [4.78, 5) is 6.65. The van der Waals surface area contributed by atoms with Gasteiger partial charge in [0, 0.05) is 23.1 Å². The van der Waals surface area contributed by atoms with Crippen molar-refractivity contribution in [1.29, 1.82) is 0 Å². The minimum absolute atomic E-state index is 0.525. The van der Waals surface area contributed by atoms with Crippen LogP contribution in [-0.4, -0.2) is 18.1 Å². The molecule has 0 atom stereocenters. The van der Waals surface area contributed by atoms with Crippen molar-refractivity contribution in [3.63, 3.8) is 0 Å². The molecule has 0 fully saturated rings. The van der Waals surface area contributed by atoms with Gasteiger partial charge in [0.05, 0.1) is 6.54 Å². The van der Waals surface area contributed by atoms with Gasteiger partial charge < -0.3 is 4.90 Å². The molecule has 0 saturated carbocycles. The molecule has 1 aromatic rings. The average Bonchev–Trinajstić information content (AvgIpc) is 2.29. The van der Waals surface area contributed by atoms with Gasteiger partial charge in [-0.2, -0.15) is 0 Å². The maximum Gasteiger partial charge on any atom is 0.128 e. The summed E-state index contributed by atoms with van der Waals surface area (Å²) in [6.07, 6.45) is 5.12. The van der Waals surface area contributed by atoms with Crippen LogP contribution in [0.1, 0.15) is 12.0 Å². The van der Waals surface area contributed by atoms with Crippen LogP contribution >= 0.6 is 27.5 Å². The fourth-order valence-electron chi connectivity index (χ4n) is 1.58. The molecule has 0 bridgehead atoms. The summed E-state index contributed by atoms with van der Waals surface area (Å²) in [6, 6.07) is 4.06. The summed E-state index contributed by atoms with van der Waals surface area (Å²) in [5.74, 6) is 1.55. The number of halogens is 2. The first-order valence-corrected chi connectivity index (χ1v) is 6.23. The summed E-state index contributed by atoms with van der Waals surface area (Å²) in [7, 11) is 0. The zero-order valence-corrected chi connectivity index (χ0v) is 10.6. The van der Waals surface area contributed by atoms with E-state index in [-0.39, 0.29) is 0 Å². The Kier molecular flexibility index (Phi) is 3.65. The molecule has 0 aliphatic carbocycles. The Morgan fingerprint density at radius 2 is 2.33 bits per heavy atom. The van der Waals surface area contributed by atoms with Crippen LogP contribution in [0.4, 0.5) is 5.82 Å². The molecule has 80 valence electrons. The fraction of sp³-hybridized carbons (Fsp3) is 0.364. The lowest BCUT2D eigenvalue weighted by atomic mass is 10.2. The van der Waals surface area contributed by atoms with Crippen LogP contribution in [0.3, 0.4) is 0 Å². The molecule has 1 aliphatic heterocycles. The number of alkyl halides is 1. The number of hydrogen-bond donors (Lipinski definition) is 0. The monoisotopic (exact) mass is 286 g/mol. The summed E-state index contributed by atoms with van der Waals surface area (Å²) < 4.78 is 1.23. The third-order valence-corrected chi connectivity index (χ3v) is 3.28. The lowest BCUT2D eigenvalue weighted by molar-refractivity contribution is 0.800. The molecule has 2 nitrogen and oxygen atoms in total. The van der Waals surface area contributed by atoms with Crippen LogP contribution in [0.25, 0.3) is 0 Å². The number of aromatic nitrogens is 1. The van der Waals surface area contributed by atoms with Gasteiger partial charge in [0.2, 0.25) is 0 Å². The molecular formula is C11H12BrClN2. The van der Waals surface area contributed by atoms with E-state index in [1.807, 2.05) is 18.3 Å². The molecule has 1 aromatic heterocycles. The SMILES string of the molecule is ClCc1ccc(N2CCC=C(Br)C2)nc1. The predicted octanol–water partition coefficient (Wildman–Crippen LogP) is 3.31. The summed E-state index contributed by atoms with van der Waals surface area (Å²) >= 11 is 9.24. The zero-order valence-electron chi connectivity index (χ0n) is 8.29. The molecular weight excluding hydrogens is 275 g/mol. The van der Waals surface area contributed by atoms with Crippen molar-refractivity contribution < 1.29 is 0 Å². The highest BCUT2D eigenvalue weighted by atomic mass is 79.9. The lowest BCUT2D eigenvalue weighted by Crippen LogP contribution is -2.29. The Balaban J connectivity index is 2.12. The third kappa shape index (κ3) is 2.73. The molecule has 0 radical (unpaired) electrons. The van der Waals surface area contributed by atoms with E-state index in [1.54, 1.807) is 0 Å². The van der Waals surface area contributed by atoms with Gasteiger partial charge in [-0.15, -0.1) is 11.6 Å². The quantitative estimate of drug-likeness (QED) is 0.776. The van der Waals surface area contributed by atoms with E-state index >= 15 is 0 Å². The Hall–Kier alpha value is -0.540. The maximum absolute atomic E-state index is 5.72. The molecule has 0 amide bonds. The van der Waals surface area contributed by atoms with Crippen molar-refractivity contribution in [1.82, 2.24) is 4.98 Å². The normalized spacial score (nSPS) is 16.4. The van der Waals surface area contributed by atoms with E-state index in [0.717, 1.165) is 30.9 Å². The van der Waals surface area contributed by atoms with Gasteiger partial charge in [0.15, 0.2) is 0 Å². The van der Waals surface area contributed by atoms with Crippen LogP contribution in [0, 0.1) is 0 Å². The number of pyridine rings is 1. The highest BCUT2D eigenvalue weighted by molar-refractivity contribution is 9.11. The molecule has 0 unspecified atom stereocenters. The molecule has 2 heterocycles. The minimum atomic E-state index is 0.525. The van der Waals surface area contributed by atoms with Crippen LogP contribution < -0.4 is 4.90 Å². The van der Waals surface area contributed by atoms with Crippen molar-refractivity contribution in [2.24, 2.45) is 0 Å². The molecule has 2 rings (SSSR count). The molecule has 0 aromatic carbocycles. The Labute approximate surface area is 103 Å². The number of nitrogens with zero attached hydrogens (tertiary/aromatic N) is 2. The van der Waals surface area contributed by atoms with Crippen molar-refractivity contribution in [2.75, 3.05) is 18.0 Å². The smallest absolute Gasteiger partial charge is 0.128 e. The average molecular weight is 288 g/mol. The lowest BCUT2D eigenvalue weighted by Gasteiger charge is -2.26. The first kappa shape index (κ1) is 11.0. The second-order valence-corrected chi connectivity index (χ2v) is 4.81. The van der Waals surface area contributed by atoms with Crippen molar-refractivity contribution >= 4 is 33.3 Å². The van der Waals surface area contributed by atoms with E-state index in [4.69, 9.17) is 11.6 Å². The fourth-order valence-corrected chi connectivity index (χ4v) is 2.27. The van der Waals surface area contributed by atoms with Gasteiger partial charge >= 0.3 is 0 Å². The molecule has 15 heavy (non-hydrogen) atoms. The Morgan fingerprint density at radius 3 is 2.93 bits per heavy atom. The second-order valence-electron chi connectivity index (χ2n) is 3.52. The highest BCUT2D eigenvalue weighted by Gasteiger charge is 2.12. The van der Waals surface area contributed by atoms with E-state index in [1.165, 1.54) is 4.48 Å². The number of hydrogen-bond acceptors (Lipinski definition) is 2. The van der Waals surface area contributed by atoms with Gasteiger partial charge in [0.25, 0.3) is 0 Å². The number of rotatable bonds is 2. The largest absolute Gasteiger partial charge is 0.351 e. The molecule has 0 spiro atoms. The van der Waals surface area contributed by atoms with E-state index < -0.39 is 0 Å².